The van der Waals surface area contributed by atoms with Gasteiger partial charge in [-0.2, -0.15) is 4.98 Å². The van der Waals surface area contributed by atoms with Gasteiger partial charge in [0.1, 0.15) is 12.1 Å². The van der Waals surface area contributed by atoms with E-state index in [2.05, 4.69) is 10.3 Å². The first-order chi connectivity index (χ1) is 9.69. The molecule has 2 aromatic rings. The fraction of sp³-hybridized carbons (Fsp3) is 0.286. The van der Waals surface area contributed by atoms with E-state index in [9.17, 15) is 9.18 Å². The summed E-state index contributed by atoms with van der Waals surface area (Å²) in [7, 11) is 0. The molecule has 0 aliphatic carbocycles. The second-order valence-electron chi connectivity index (χ2n) is 4.07. The van der Waals surface area contributed by atoms with Crippen LogP contribution in [0.15, 0.2) is 34.9 Å². The summed E-state index contributed by atoms with van der Waals surface area (Å²) in [6.45, 7) is 2.52. The van der Waals surface area contributed by atoms with E-state index in [0.29, 0.717) is 13.0 Å². The van der Waals surface area contributed by atoms with Gasteiger partial charge in [0.15, 0.2) is 5.69 Å². The fourth-order valence-corrected chi connectivity index (χ4v) is 1.66. The fourth-order valence-electron chi connectivity index (χ4n) is 1.66. The second-order valence-corrected chi connectivity index (χ2v) is 4.07. The Balaban J connectivity index is 1.84. The number of halogens is 1. The lowest BCUT2D eigenvalue weighted by molar-refractivity contribution is 0.0519. The number of nitrogens with zero attached hydrogens (tertiary/aromatic N) is 1. The molecule has 5 nitrogen and oxygen atoms in total. The summed E-state index contributed by atoms with van der Waals surface area (Å²) in [5, 5.41) is 2.92. The highest BCUT2D eigenvalue weighted by Gasteiger charge is 2.12. The zero-order valence-corrected chi connectivity index (χ0v) is 11.1. The third-order valence-corrected chi connectivity index (χ3v) is 2.57. The molecule has 0 unspecified atom stereocenters. The van der Waals surface area contributed by atoms with Crippen molar-refractivity contribution >= 4 is 12.0 Å². The zero-order chi connectivity index (χ0) is 14.4. The van der Waals surface area contributed by atoms with Crippen molar-refractivity contribution in [3.8, 4) is 0 Å². The highest BCUT2D eigenvalue weighted by molar-refractivity contribution is 5.87. The van der Waals surface area contributed by atoms with Gasteiger partial charge in [-0.05, 0) is 31.0 Å². The number of anilines is 1. The highest BCUT2D eigenvalue weighted by Crippen LogP contribution is 2.09. The number of hydrogen-bond acceptors (Lipinski definition) is 5. The molecule has 1 heterocycles. The van der Waals surface area contributed by atoms with Crippen molar-refractivity contribution in [2.24, 2.45) is 0 Å². The third kappa shape index (κ3) is 3.81. The van der Waals surface area contributed by atoms with E-state index in [1.54, 1.807) is 13.0 Å². The molecule has 0 amide bonds. The molecule has 0 spiro atoms. The Morgan fingerprint density at radius 1 is 1.50 bits per heavy atom. The quantitative estimate of drug-likeness (QED) is 0.823. The second kappa shape index (κ2) is 6.70. The Labute approximate surface area is 115 Å². The van der Waals surface area contributed by atoms with Crippen LogP contribution in [0.25, 0.3) is 0 Å². The Morgan fingerprint density at radius 2 is 2.35 bits per heavy atom. The number of carbonyl (C=O) groups is 1. The molecule has 1 aromatic heterocycles. The molecule has 106 valence electrons. The first-order valence-corrected chi connectivity index (χ1v) is 6.30. The molecule has 6 heteroatoms. The molecule has 0 radical (unpaired) electrons. The van der Waals surface area contributed by atoms with Crippen LogP contribution in [0.1, 0.15) is 23.0 Å². The van der Waals surface area contributed by atoms with Gasteiger partial charge in [-0.3, -0.25) is 0 Å². The van der Waals surface area contributed by atoms with Crippen LogP contribution in [0.5, 0.6) is 0 Å². The van der Waals surface area contributed by atoms with Gasteiger partial charge in [0.25, 0.3) is 6.01 Å². The van der Waals surface area contributed by atoms with E-state index >= 15 is 0 Å². The Bertz CT molecular complexity index is 583. The summed E-state index contributed by atoms with van der Waals surface area (Å²) < 4.78 is 22.9. The average Bonchev–Trinajstić information content (AvgIpc) is 2.88. The van der Waals surface area contributed by atoms with Crippen molar-refractivity contribution in [3.05, 3.63) is 47.6 Å². The lowest BCUT2D eigenvalue weighted by Gasteiger charge is -2.02. The number of aromatic nitrogens is 1. The lowest BCUT2D eigenvalue weighted by atomic mass is 10.1. The van der Waals surface area contributed by atoms with E-state index < -0.39 is 5.97 Å². The molecule has 2 rings (SSSR count). The summed E-state index contributed by atoms with van der Waals surface area (Å²) in [5.74, 6) is -0.780. The van der Waals surface area contributed by atoms with Crippen LogP contribution in [0.3, 0.4) is 0 Å². The minimum atomic E-state index is -0.519. The molecule has 1 N–H and O–H groups in total. The van der Waals surface area contributed by atoms with Crippen LogP contribution in [0, 0.1) is 5.82 Å². The van der Waals surface area contributed by atoms with E-state index in [-0.39, 0.29) is 24.1 Å². The predicted molar refractivity (Wildman–Crippen MR) is 71.1 cm³/mol. The average molecular weight is 278 g/mol. The van der Waals surface area contributed by atoms with Crippen molar-refractivity contribution < 1.29 is 18.3 Å². The van der Waals surface area contributed by atoms with E-state index in [1.165, 1.54) is 18.4 Å². The number of hydrogen-bond donors (Lipinski definition) is 1. The molecule has 1 aromatic carbocycles. The van der Waals surface area contributed by atoms with E-state index in [1.807, 2.05) is 6.07 Å². The largest absolute Gasteiger partial charge is 0.461 e. The van der Waals surface area contributed by atoms with Gasteiger partial charge in [-0.25, -0.2) is 9.18 Å². The molecule has 20 heavy (non-hydrogen) atoms. The molecule has 0 saturated heterocycles. The maximum Gasteiger partial charge on any atom is 0.360 e. The number of nitrogens with one attached hydrogen (secondary N) is 1. The van der Waals surface area contributed by atoms with Crippen molar-refractivity contribution in [3.63, 3.8) is 0 Å². The summed E-state index contributed by atoms with van der Waals surface area (Å²) >= 11 is 0. The first kappa shape index (κ1) is 14.0. The standard InChI is InChI=1S/C14H15FN2O3/c1-2-19-13(18)12-9-20-14(17-12)16-7-6-10-4-3-5-11(15)8-10/h3-5,8-9H,2,6-7H2,1H3,(H,16,17). The van der Waals surface area contributed by atoms with Gasteiger partial charge in [0.05, 0.1) is 6.61 Å². The number of benzene rings is 1. The van der Waals surface area contributed by atoms with Crippen LogP contribution in [0.4, 0.5) is 10.4 Å². The SMILES string of the molecule is CCOC(=O)c1coc(NCCc2cccc(F)c2)n1. The molecule has 0 bridgehead atoms. The molecule has 0 saturated carbocycles. The predicted octanol–water partition coefficient (Wildman–Crippen LogP) is 2.65. The van der Waals surface area contributed by atoms with Crippen LogP contribution >= 0.6 is 0 Å². The summed E-state index contributed by atoms with van der Waals surface area (Å²) in [6.07, 6.45) is 1.86. The van der Waals surface area contributed by atoms with Gasteiger partial charge in [-0.15, -0.1) is 0 Å². The van der Waals surface area contributed by atoms with E-state index in [4.69, 9.17) is 9.15 Å². The number of esters is 1. The molecular formula is C14H15FN2O3. The van der Waals surface area contributed by atoms with Gasteiger partial charge >= 0.3 is 5.97 Å². The summed E-state index contributed by atoms with van der Waals surface area (Å²) in [5.41, 5.74) is 0.995. The zero-order valence-electron chi connectivity index (χ0n) is 11.1. The Hall–Kier alpha value is -2.37. The summed E-state index contributed by atoms with van der Waals surface area (Å²) in [6, 6.07) is 6.61. The number of oxazole rings is 1. The molecule has 0 fully saturated rings. The van der Waals surface area contributed by atoms with Crippen molar-refractivity contribution in [1.29, 1.82) is 0 Å². The van der Waals surface area contributed by atoms with E-state index in [0.717, 1.165) is 5.56 Å². The topological polar surface area (TPSA) is 64.4 Å². The normalized spacial score (nSPS) is 10.3. The summed E-state index contributed by atoms with van der Waals surface area (Å²) in [4.78, 5) is 15.3. The van der Waals surface area contributed by atoms with Crippen LogP contribution in [-0.4, -0.2) is 24.1 Å². The molecular weight excluding hydrogens is 263 g/mol. The van der Waals surface area contributed by atoms with Gasteiger partial charge in [0.2, 0.25) is 0 Å². The third-order valence-electron chi connectivity index (χ3n) is 2.57. The lowest BCUT2D eigenvalue weighted by Crippen LogP contribution is -2.07. The Kier molecular flexibility index (Phi) is 4.70. The number of carbonyl (C=O) groups excluding carboxylic acids is 1. The minimum Gasteiger partial charge on any atom is -0.461 e. The van der Waals surface area contributed by atoms with Gasteiger partial charge in [-0.1, -0.05) is 12.1 Å². The molecule has 0 aliphatic heterocycles. The smallest absolute Gasteiger partial charge is 0.360 e. The van der Waals surface area contributed by atoms with Crippen molar-refractivity contribution in [1.82, 2.24) is 4.98 Å². The van der Waals surface area contributed by atoms with Crippen LogP contribution in [-0.2, 0) is 11.2 Å². The van der Waals surface area contributed by atoms with Crippen molar-refractivity contribution in [2.75, 3.05) is 18.5 Å². The van der Waals surface area contributed by atoms with Crippen LogP contribution in [0.2, 0.25) is 0 Å². The first-order valence-electron chi connectivity index (χ1n) is 6.30. The van der Waals surface area contributed by atoms with Crippen molar-refractivity contribution in [2.45, 2.75) is 13.3 Å². The maximum absolute atomic E-state index is 13.0. The van der Waals surface area contributed by atoms with Crippen LogP contribution < -0.4 is 5.32 Å². The number of rotatable bonds is 6. The monoisotopic (exact) mass is 278 g/mol. The highest BCUT2D eigenvalue weighted by atomic mass is 19.1. The molecule has 0 atom stereocenters. The Morgan fingerprint density at radius 3 is 3.10 bits per heavy atom. The van der Waals surface area contributed by atoms with Gasteiger partial charge in [0, 0.05) is 6.54 Å². The van der Waals surface area contributed by atoms with Gasteiger partial charge < -0.3 is 14.5 Å². The minimum absolute atomic E-state index is 0.125. The maximum atomic E-state index is 13.0. The molecule has 0 aliphatic rings. The number of ether oxygens (including phenoxy) is 1.